The van der Waals surface area contributed by atoms with Crippen LogP contribution in [0.25, 0.3) is 10.9 Å². The number of aryl methyl sites for hydroxylation is 1. The largest absolute Gasteiger partial charge is 0.359 e. The van der Waals surface area contributed by atoms with Gasteiger partial charge in [0.05, 0.1) is 10.5 Å². The molecule has 0 bridgehead atoms. The van der Waals surface area contributed by atoms with Crippen molar-refractivity contribution in [2.24, 2.45) is 0 Å². The fourth-order valence-electron chi connectivity index (χ4n) is 2.29. The molecule has 20 heavy (non-hydrogen) atoms. The number of nitrogens with one attached hydrogen (secondary N) is 1. The smallest absolute Gasteiger partial charge is 0.195 e. The Labute approximate surface area is 120 Å². The molecular weight excluding hydrogens is 277 g/mol. The molecule has 0 aliphatic rings. The third-order valence-electron chi connectivity index (χ3n) is 3.35. The van der Waals surface area contributed by atoms with E-state index in [-0.39, 0.29) is 5.78 Å². The highest BCUT2D eigenvalue weighted by molar-refractivity contribution is 6.35. The third-order valence-corrected chi connectivity index (χ3v) is 3.67. The molecular formula is C16H11ClFNO. The number of aromatic nitrogens is 1. The molecule has 0 saturated carbocycles. The summed E-state index contributed by atoms with van der Waals surface area (Å²) in [6, 6.07) is 9.57. The number of hydrogen-bond acceptors (Lipinski definition) is 1. The third kappa shape index (κ3) is 2.00. The summed E-state index contributed by atoms with van der Waals surface area (Å²) in [6.07, 6.45) is 1.61. The standard InChI is InChI=1S/C16H11ClFNO/c1-9-5-6-10(18)7-12(9)16(20)13-8-19-15-11(13)3-2-4-14(15)17/h2-8,19H,1H3. The summed E-state index contributed by atoms with van der Waals surface area (Å²) in [5, 5.41) is 1.30. The van der Waals surface area contributed by atoms with Crippen molar-refractivity contribution in [2.75, 3.05) is 0 Å². The van der Waals surface area contributed by atoms with Crippen LogP contribution in [0.3, 0.4) is 0 Å². The Morgan fingerprint density at radius 1 is 1.20 bits per heavy atom. The molecule has 0 amide bonds. The summed E-state index contributed by atoms with van der Waals surface area (Å²) < 4.78 is 13.3. The van der Waals surface area contributed by atoms with Crippen LogP contribution in [0.2, 0.25) is 5.02 Å². The van der Waals surface area contributed by atoms with Gasteiger partial charge in [0.15, 0.2) is 5.78 Å². The predicted molar refractivity (Wildman–Crippen MR) is 77.9 cm³/mol. The summed E-state index contributed by atoms with van der Waals surface area (Å²) in [6.45, 7) is 1.79. The number of ketones is 1. The second-order valence-electron chi connectivity index (χ2n) is 4.65. The van der Waals surface area contributed by atoms with E-state index in [2.05, 4.69) is 4.98 Å². The Morgan fingerprint density at radius 3 is 2.80 bits per heavy atom. The number of fused-ring (bicyclic) bond motifs is 1. The van der Waals surface area contributed by atoms with Gasteiger partial charge in [-0.25, -0.2) is 4.39 Å². The Kier molecular flexibility index (Phi) is 3.07. The van der Waals surface area contributed by atoms with Gasteiger partial charge in [0.25, 0.3) is 0 Å². The van der Waals surface area contributed by atoms with Crippen LogP contribution in [0, 0.1) is 12.7 Å². The fraction of sp³-hybridized carbons (Fsp3) is 0.0625. The maximum atomic E-state index is 13.3. The number of rotatable bonds is 2. The molecule has 100 valence electrons. The van der Waals surface area contributed by atoms with E-state index in [4.69, 9.17) is 11.6 Å². The molecule has 0 radical (unpaired) electrons. The van der Waals surface area contributed by atoms with E-state index in [0.29, 0.717) is 21.7 Å². The monoisotopic (exact) mass is 287 g/mol. The quantitative estimate of drug-likeness (QED) is 0.692. The number of para-hydroxylation sites is 1. The molecule has 2 nitrogen and oxygen atoms in total. The van der Waals surface area contributed by atoms with Crippen LogP contribution < -0.4 is 0 Å². The van der Waals surface area contributed by atoms with Crippen LogP contribution in [-0.2, 0) is 0 Å². The van der Waals surface area contributed by atoms with Gasteiger partial charge in [-0.3, -0.25) is 4.79 Å². The fourth-order valence-corrected chi connectivity index (χ4v) is 2.52. The van der Waals surface area contributed by atoms with E-state index in [1.807, 2.05) is 6.07 Å². The van der Waals surface area contributed by atoms with Crippen molar-refractivity contribution in [1.82, 2.24) is 4.98 Å². The van der Waals surface area contributed by atoms with Crippen molar-refractivity contribution in [2.45, 2.75) is 6.92 Å². The summed E-state index contributed by atoms with van der Waals surface area (Å²) in [7, 11) is 0. The van der Waals surface area contributed by atoms with Crippen molar-refractivity contribution in [3.05, 3.63) is 70.1 Å². The van der Waals surface area contributed by atoms with Gasteiger partial charge in [-0.15, -0.1) is 0 Å². The Balaban J connectivity index is 2.18. The number of hydrogen-bond donors (Lipinski definition) is 1. The minimum absolute atomic E-state index is 0.212. The van der Waals surface area contributed by atoms with Crippen LogP contribution in [0.1, 0.15) is 21.5 Å². The normalized spacial score (nSPS) is 10.9. The summed E-state index contributed by atoms with van der Waals surface area (Å²) >= 11 is 6.08. The Hall–Kier alpha value is -2.13. The number of halogens is 2. The predicted octanol–water partition coefficient (Wildman–Crippen LogP) is 4.50. The number of carbonyl (C=O) groups excluding carboxylic acids is 1. The second-order valence-corrected chi connectivity index (χ2v) is 5.06. The summed E-state index contributed by atoms with van der Waals surface area (Å²) in [5.74, 6) is -0.632. The average Bonchev–Trinajstić information content (AvgIpc) is 2.86. The minimum Gasteiger partial charge on any atom is -0.359 e. The van der Waals surface area contributed by atoms with E-state index in [9.17, 15) is 9.18 Å². The minimum atomic E-state index is -0.420. The van der Waals surface area contributed by atoms with Gasteiger partial charge in [-0.2, -0.15) is 0 Å². The molecule has 3 rings (SSSR count). The maximum absolute atomic E-state index is 13.3. The van der Waals surface area contributed by atoms with Crippen molar-refractivity contribution in [3.63, 3.8) is 0 Å². The van der Waals surface area contributed by atoms with Gasteiger partial charge in [0.2, 0.25) is 0 Å². The molecule has 0 aliphatic heterocycles. The van der Waals surface area contributed by atoms with Gasteiger partial charge in [0.1, 0.15) is 5.82 Å². The zero-order valence-electron chi connectivity index (χ0n) is 10.7. The first-order valence-electron chi connectivity index (χ1n) is 6.14. The van der Waals surface area contributed by atoms with Crippen molar-refractivity contribution < 1.29 is 9.18 Å². The van der Waals surface area contributed by atoms with Crippen molar-refractivity contribution >= 4 is 28.3 Å². The maximum Gasteiger partial charge on any atom is 0.195 e. The van der Waals surface area contributed by atoms with E-state index in [0.717, 1.165) is 10.9 Å². The first kappa shape index (κ1) is 12.9. The van der Waals surface area contributed by atoms with Gasteiger partial charge in [-0.1, -0.05) is 29.8 Å². The molecule has 0 unspecified atom stereocenters. The molecule has 3 aromatic rings. The molecule has 4 heteroatoms. The van der Waals surface area contributed by atoms with Crippen LogP contribution in [0.15, 0.2) is 42.6 Å². The number of carbonyl (C=O) groups is 1. The zero-order valence-corrected chi connectivity index (χ0v) is 11.5. The van der Waals surface area contributed by atoms with Gasteiger partial charge < -0.3 is 4.98 Å². The highest BCUT2D eigenvalue weighted by Crippen LogP contribution is 2.27. The van der Waals surface area contributed by atoms with Crippen molar-refractivity contribution in [3.8, 4) is 0 Å². The number of H-pyrrole nitrogens is 1. The molecule has 0 atom stereocenters. The molecule has 2 aromatic carbocycles. The highest BCUT2D eigenvalue weighted by Gasteiger charge is 2.17. The van der Waals surface area contributed by atoms with E-state index >= 15 is 0 Å². The first-order valence-corrected chi connectivity index (χ1v) is 6.52. The molecule has 0 fully saturated rings. The van der Waals surface area contributed by atoms with E-state index in [1.54, 1.807) is 31.3 Å². The van der Waals surface area contributed by atoms with Crippen molar-refractivity contribution in [1.29, 1.82) is 0 Å². The first-order chi connectivity index (χ1) is 9.58. The zero-order chi connectivity index (χ0) is 14.3. The molecule has 0 aliphatic carbocycles. The lowest BCUT2D eigenvalue weighted by Crippen LogP contribution is -2.03. The molecule has 1 N–H and O–H groups in total. The lowest BCUT2D eigenvalue weighted by molar-refractivity contribution is 0.103. The molecule has 0 spiro atoms. The topological polar surface area (TPSA) is 32.9 Å². The van der Waals surface area contributed by atoms with Crippen LogP contribution in [0.4, 0.5) is 4.39 Å². The SMILES string of the molecule is Cc1ccc(F)cc1C(=O)c1c[nH]c2c(Cl)cccc12. The van der Waals surface area contributed by atoms with E-state index < -0.39 is 5.82 Å². The van der Waals surface area contributed by atoms with Gasteiger partial charge in [-0.05, 0) is 30.7 Å². The molecule has 0 saturated heterocycles. The highest BCUT2D eigenvalue weighted by atomic mass is 35.5. The Morgan fingerprint density at radius 2 is 2.00 bits per heavy atom. The molecule has 1 heterocycles. The lowest BCUT2D eigenvalue weighted by atomic mass is 9.98. The lowest BCUT2D eigenvalue weighted by Gasteiger charge is -2.04. The second kappa shape index (κ2) is 4.76. The van der Waals surface area contributed by atoms with Gasteiger partial charge in [0, 0.05) is 22.7 Å². The van der Waals surface area contributed by atoms with Crippen LogP contribution >= 0.6 is 11.6 Å². The summed E-state index contributed by atoms with van der Waals surface area (Å²) in [4.78, 5) is 15.6. The van der Waals surface area contributed by atoms with Gasteiger partial charge >= 0.3 is 0 Å². The molecule has 1 aromatic heterocycles. The average molecular weight is 288 g/mol. The Bertz CT molecular complexity index is 822. The number of aromatic amines is 1. The van der Waals surface area contributed by atoms with E-state index in [1.165, 1.54) is 12.1 Å². The van der Waals surface area contributed by atoms with Crippen LogP contribution in [-0.4, -0.2) is 10.8 Å². The van der Waals surface area contributed by atoms with Crippen LogP contribution in [0.5, 0.6) is 0 Å². The number of benzene rings is 2. The summed E-state index contributed by atoms with van der Waals surface area (Å²) in [5.41, 5.74) is 2.32.